The van der Waals surface area contributed by atoms with Crippen molar-refractivity contribution in [2.45, 2.75) is 18.1 Å². The van der Waals surface area contributed by atoms with E-state index >= 15 is 0 Å². The van der Waals surface area contributed by atoms with Crippen LogP contribution in [-0.2, 0) is 15.7 Å². The van der Waals surface area contributed by atoms with Crippen LogP contribution in [0.25, 0.3) is 0 Å². The number of amides is 1. The third kappa shape index (κ3) is 2.71. The van der Waals surface area contributed by atoms with Crippen LogP contribution in [0.2, 0.25) is 5.28 Å². The molecule has 142 valence electrons. The summed E-state index contributed by atoms with van der Waals surface area (Å²) in [5.74, 6) is 0.0505. The van der Waals surface area contributed by atoms with E-state index in [1.165, 1.54) is 11.1 Å². The fraction of sp³-hybridized carbons (Fsp3) is 0.375. The molecule has 7 nitrogen and oxygen atoms in total. The number of alkyl halides is 3. The second-order valence-corrected chi connectivity index (χ2v) is 6.62. The Morgan fingerprint density at radius 1 is 1.26 bits per heavy atom. The van der Waals surface area contributed by atoms with Crippen molar-refractivity contribution in [1.82, 2.24) is 15.0 Å². The van der Waals surface area contributed by atoms with Crippen molar-refractivity contribution in [3.05, 3.63) is 35.4 Å². The maximum absolute atomic E-state index is 13.3. The molecule has 0 radical (unpaired) electrons. The number of halogens is 4. The molecule has 1 fully saturated rings. The number of hydrogen-bond acceptors (Lipinski definition) is 6. The minimum Gasteiger partial charge on any atom is -0.378 e. The van der Waals surface area contributed by atoms with Crippen molar-refractivity contribution in [2.24, 2.45) is 0 Å². The second-order valence-electron chi connectivity index (χ2n) is 6.28. The molecule has 1 spiro atoms. The molecule has 0 N–H and O–H groups in total. The van der Waals surface area contributed by atoms with Crippen molar-refractivity contribution in [3.63, 3.8) is 0 Å². The van der Waals surface area contributed by atoms with Crippen LogP contribution < -0.4 is 9.80 Å². The number of pyridine rings is 1. The number of ether oxygens (including phenoxy) is 1. The van der Waals surface area contributed by atoms with Crippen molar-refractivity contribution in [3.8, 4) is 0 Å². The highest BCUT2D eigenvalue weighted by molar-refractivity contribution is 6.28. The van der Waals surface area contributed by atoms with Gasteiger partial charge in [0.1, 0.15) is 17.0 Å². The zero-order valence-corrected chi connectivity index (χ0v) is 14.8. The fourth-order valence-corrected chi connectivity index (χ4v) is 3.44. The largest absolute Gasteiger partial charge is 0.417 e. The zero-order chi connectivity index (χ0) is 19.4. The van der Waals surface area contributed by atoms with Crippen molar-refractivity contribution < 1.29 is 22.7 Å². The number of nitrogens with zero attached hydrogens (tertiary/aromatic N) is 5. The van der Waals surface area contributed by atoms with Crippen molar-refractivity contribution >= 4 is 34.8 Å². The van der Waals surface area contributed by atoms with E-state index in [1.54, 1.807) is 11.9 Å². The van der Waals surface area contributed by atoms with E-state index in [0.29, 0.717) is 25.0 Å². The maximum Gasteiger partial charge on any atom is 0.417 e. The highest BCUT2D eigenvalue weighted by Gasteiger charge is 2.54. The Morgan fingerprint density at radius 2 is 2.04 bits per heavy atom. The van der Waals surface area contributed by atoms with Gasteiger partial charge in [-0.1, -0.05) is 0 Å². The molecule has 4 rings (SSSR count). The number of fused-ring (bicyclic) bond motifs is 1. The summed E-state index contributed by atoms with van der Waals surface area (Å²) in [4.78, 5) is 28.2. The van der Waals surface area contributed by atoms with Gasteiger partial charge in [-0.25, -0.2) is 9.97 Å². The van der Waals surface area contributed by atoms with E-state index in [0.717, 1.165) is 12.1 Å². The van der Waals surface area contributed by atoms with Gasteiger partial charge in [-0.05, 0) is 23.7 Å². The lowest BCUT2D eigenvalue weighted by atomic mass is 9.91. The summed E-state index contributed by atoms with van der Waals surface area (Å²) in [6.07, 6.45) is -2.08. The van der Waals surface area contributed by atoms with Crippen LogP contribution in [0.5, 0.6) is 0 Å². The molecule has 11 heteroatoms. The molecule has 4 heterocycles. The summed E-state index contributed by atoms with van der Waals surface area (Å²) < 4.78 is 43.9. The molecule has 0 bridgehead atoms. The van der Waals surface area contributed by atoms with Crippen LogP contribution in [0.3, 0.4) is 0 Å². The van der Waals surface area contributed by atoms with Crippen LogP contribution >= 0.6 is 11.6 Å². The van der Waals surface area contributed by atoms with E-state index < -0.39 is 17.3 Å². The first-order chi connectivity index (χ1) is 12.7. The molecule has 2 aromatic rings. The Hall–Kier alpha value is -2.46. The van der Waals surface area contributed by atoms with Gasteiger partial charge in [0.25, 0.3) is 5.91 Å². The Bertz CT molecular complexity index is 900. The van der Waals surface area contributed by atoms with E-state index in [4.69, 9.17) is 16.3 Å². The highest BCUT2D eigenvalue weighted by Crippen LogP contribution is 2.44. The van der Waals surface area contributed by atoms with Crippen LogP contribution in [0, 0.1) is 0 Å². The standard InChI is InChI=1S/C16H13ClF3N5O2/c1-24-12-10(7-22-14(17)23-12)25(13(26)15(24)4-5-27-8-15)11-3-2-9(6-21-11)16(18,19)20/h2-3,6-7H,4-5,8H2,1H3. The number of hydrogen-bond donors (Lipinski definition) is 0. The zero-order valence-electron chi connectivity index (χ0n) is 14.0. The van der Waals surface area contributed by atoms with E-state index in [1.807, 2.05) is 0 Å². The lowest BCUT2D eigenvalue weighted by Crippen LogP contribution is -2.62. The lowest BCUT2D eigenvalue weighted by Gasteiger charge is -2.45. The van der Waals surface area contributed by atoms with Gasteiger partial charge in [0.15, 0.2) is 5.82 Å². The lowest BCUT2D eigenvalue weighted by molar-refractivity contribution is -0.137. The number of rotatable bonds is 1. The monoisotopic (exact) mass is 399 g/mol. The summed E-state index contributed by atoms with van der Waals surface area (Å²) >= 11 is 5.91. The first-order valence-corrected chi connectivity index (χ1v) is 8.34. The fourth-order valence-electron chi connectivity index (χ4n) is 3.31. The summed E-state index contributed by atoms with van der Waals surface area (Å²) in [5, 5.41) is -0.00987. The Morgan fingerprint density at radius 3 is 2.63 bits per heavy atom. The Kier molecular flexibility index (Phi) is 4.00. The van der Waals surface area contributed by atoms with Crippen LogP contribution in [-0.4, -0.2) is 46.7 Å². The van der Waals surface area contributed by atoms with Gasteiger partial charge in [-0.15, -0.1) is 0 Å². The third-order valence-corrected chi connectivity index (χ3v) is 5.01. The second kappa shape index (κ2) is 6.03. The minimum absolute atomic E-state index is 0.00987. The van der Waals surface area contributed by atoms with Gasteiger partial charge in [-0.2, -0.15) is 18.2 Å². The molecule has 0 saturated carbocycles. The average Bonchev–Trinajstić information content (AvgIpc) is 3.12. The van der Waals surface area contributed by atoms with E-state index in [9.17, 15) is 18.0 Å². The van der Waals surface area contributed by atoms with Gasteiger partial charge in [-0.3, -0.25) is 9.69 Å². The first-order valence-electron chi connectivity index (χ1n) is 7.96. The molecular weight excluding hydrogens is 387 g/mol. The molecule has 1 atom stereocenters. The van der Waals surface area contributed by atoms with Gasteiger partial charge < -0.3 is 9.64 Å². The molecule has 0 aromatic carbocycles. The number of likely N-dealkylation sites (N-methyl/N-ethyl adjacent to an activating group) is 1. The number of anilines is 3. The molecule has 1 saturated heterocycles. The summed E-state index contributed by atoms with van der Waals surface area (Å²) in [6.45, 7) is 0.499. The molecular formula is C16H13ClF3N5O2. The number of carbonyl (C=O) groups is 1. The predicted molar refractivity (Wildman–Crippen MR) is 90.0 cm³/mol. The maximum atomic E-state index is 13.3. The van der Waals surface area contributed by atoms with Gasteiger partial charge in [0.05, 0.1) is 18.4 Å². The van der Waals surface area contributed by atoms with Gasteiger partial charge in [0.2, 0.25) is 5.28 Å². The number of aromatic nitrogens is 3. The quantitative estimate of drug-likeness (QED) is 0.687. The SMILES string of the molecule is CN1c2nc(Cl)ncc2N(c2ccc(C(F)(F)F)cn2)C(=O)C12CCOC2. The summed E-state index contributed by atoms with van der Waals surface area (Å²) in [6, 6.07) is 2.02. The highest BCUT2D eigenvalue weighted by atomic mass is 35.5. The molecule has 0 aliphatic carbocycles. The molecule has 1 amide bonds. The van der Waals surface area contributed by atoms with Crippen molar-refractivity contribution in [1.29, 1.82) is 0 Å². The summed E-state index contributed by atoms with van der Waals surface area (Å²) in [7, 11) is 1.70. The number of carbonyl (C=O) groups excluding carboxylic acids is 1. The molecule has 2 aliphatic heterocycles. The van der Waals surface area contributed by atoms with Gasteiger partial charge in [0, 0.05) is 26.3 Å². The topological polar surface area (TPSA) is 71.5 Å². The third-order valence-electron chi connectivity index (χ3n) is 4.83. The van der Waals surface area contributed by atoms with Crippen molar-refractivity contribution in [2.75, 3.05) is 30.1 Å². The van der Waals surface area contributed by atoms with Crippen LogP contribution in [0.1, 0.15) is 12.0 Å². The van der Waals surface area contributed by atoms with Crippen LogP contribution in [0.4, 0.5) is 30.5 Å². The van der Waals surface area contributed by atoms with E-state index in [-0.39, 0.29) is 29.3 Å². The summed E-state index contributed by atoms with van der Waals surface area (Å²) in [5.41, 5.74) is -1.65. The van der Waals surface area contributed by atoms with Gasteiger partial charge >= 0.3 is 6.18 Å². The van der Waals surface area contributed by atoms with E-state index in [2.05, 4.69) is 15.0 Å². The first kappa shape index (κ1) is 17.9. The molecule has 2 aromatic heterocycles. The Balaban J connectivity index is 1.86. The normalized spacial score (nSPS) is 22.5. The minimum atomic E-state index is -4.52. The molecule has 27 heavy (non-hydrogen) atoms. The smallest absolute Gasteiger partial charge is 0.378 e. The molecule has 2 aliphatic rings. The average molecular weight is 400 g/mol. The molecule has 1 unspecified atom stereocenters. The van der Waals surface area contributed by atoms with Crippen LogP contribution in [0.15, 0.2) is 24.5 Å². The predicted octanol–water partition coefficient (Wildman–Crippen LogP) is 2.82. The Labute approximate surface area is 156 Å².